The molecule has 0 aliphatic carbocycles. The summed E-state index contributed by atoms with van der Waals surface area (Å²) in [6.45, 7) is 12.0. The molecule has 0 bridgehead atoms. The predicted molar refractivity (Wildman–Crippen MR) is 79.1 cm³/mol. The minimum Gasteiger partial charge on any atom is -0.133 e. The van der Waals surface area contributed by atoms with Crippen molar-refractivity contribution in [2.75, 3.05) is 6.16 Å². The van der Waals surface area contributed by atoms with Crippen molar-refractivity contribution in [2.45, 2.75) is 72.0 Å². The van der Waals surface area contributed by atoms with E-state index in [1.807, 2.05) is 0 Å². The molecule has 15 heavy (non-hydrogen) atoms. The Hall–Kier alpha value is 0.647. The lowest BCUT2D eigenvalue weighted by Crippen LogP contribution is -2.27. The molecule has 0 aliphatic rings. The third kappa shape index (κ3) is 6.74. The highest BCUT2D eigenvalue weighted by molar-refractivity contribution is 7.82. The Morgan fingerprint density at radius 3 is 2.07 bits per heavy atom. The summed E-state index contributed by atoms with van der Waals surface area (Å²) in [5, 5.41) is 0. The standard InChI is InChI=1S/C13H31PSi/c1-6-9-12-15(7-2,8-3)14-11-10-13(4)5/h13-14H,6-12H2,1-5H3. The van der Waals surface area contributed by atoms with Gasteiger partial charge in [0.15, 0.2) is 0 Å². The van der Waals surface area contributed by atoms with E-state index in [1.54, 1.807) is 6.04 Å². The Bertz CT molecular complexity index is 141. The fourth-order valence-electron chi connectivity index (χ4n) is 2.08. The molecule has 0 N–H and O–H groups in total. The Kier molecular flexibility index (Phi) is 9.14. The van der Waals surface area contributed by atoms with E-state index in [0.29, 0.717) is 0 Å². The van der Waals surface area contributed by atoms with E-state index in [2.05, 4.69) is 34.6 Å². The normalized spacial score (nSPS) is 13.2. The summed E-state index contributed by atoms with van der Waals surface area (Å²) in [4.78, 5) is 0. The lowest BCUT2D eigenvalue weighted by molar-refractivity contribution is 0.631. The third-order valence-corrected chi connectivity index (χ3v) is 14.8. The van der Waals surface area contributed by atoms with Gasteiger partial charge in [-0.2, -0.15) is 0 Å². The quantitative estimate of drug-likeness (QED) is 0.372. The summed E-state index contributed by atoms with van der Waals surface area (Å²) in [6, 6.07) is 4.66. The fraction of sp³-hybridized carbons (Fsp3) is 1.00. The van der Waals surface area contributed by atoms with Crippen molar-refractivity contribution in [3.8, 4) is 0 Å². The lowest BCUT2D eigenvalue weighted by atomic mass is 10.2. The third-order valence-electron chi connectivity index (χ3n) is 3.58. The molecule has 1 unspecified atom stereocenters. The SMILES string of the molecule is CCCC[Si](CC)(CC)PCCC(C)C. The second kappa shape index (κ2) is 8.76. The average Bonchev–Trinajstić information content (AvgIpc) is 2.23. The van der Waals surface area contributed by atoms with Crippen LogP contribution in [0.4, 0.5) is 0 Å². The maximum atomic E-state index is 2.45. The highest BCUT2D eigenvalue weighted by Gasteiger charge is 2.27. The van der Waals surface area contributed by atoms with Gasteiger partial charge in [0.25, 0.3) is 0 Å². The van der Waals surface area contributed by atoms with Gasteiger partial charge in [0.1, 0.15) is 0 Å². The minimum atomic E-state index is -0.803. The molecule has 0 saturated heterocycles. The molecular formula is C13H31PSi. The van der Waals surface area contributed by atoms with Crippen molar-refractivity contribution in [1.29, 1.82) is 0 Å². The Morgan fingerprint density at radius 2 is 1.67 bits per heavy atom. The van der Waals surface area contributed by atoms with E-state index in [9.17, 15) is 0 Å². The lowest BCUT2D eigenvalue weighted by Gasteiger charge is -2.30. The van der Waals surface area contributed by atoms with Gasteiger partial charge in [-0.1, -0.05) is 65.6 Å². The summed E-state index contributed by atoms with van der Waals surface area (Å²) in [6.07, 6.45) is 5.86. The van der Waals surface area contributed by atoms with Crippen molar-refractivity contribution in [2.24, 2.45) is 5.92 Å². The minimum absolute atomic E-state index is 0.803. The second-order valence-corrected chi connectivity index (χ2v) is 14.8. The van der Waals surface area contributed by atoms with Crippen LogP contribution in [-0.2, 0) is 0 Å². The van der Waals surface area contributed by atoms with E-state index < -0.39 is 7.74 Å². The first-order chi connectivity index (χ1) is 7.10. The van der Waals surface area contributed by atoms with Crippen LogP contribution in [0.5, 0.6) is 0 Å². The van der Waals surface area contributed by atoms with Crippen LogP contribution in [0.2, 0.25) is 18.1 Å². The second-order valence-electron chi connectivity index (χ2n) is 5.20. The van der Waals surface area contributed by atoms with Crippen molar-refractivity contribution >= 4 is 15.9 Å². The Balaban J connectivity index is 3.99. The molecule has 0 aromatic heterocycles. The van der Waals surface area contributed by atoms with Crippen LogP contribution in [0.25, 0.3) is 0 Å². The number of hydrogen-bond acceptors (Lipinski definition) is 0. The Morgan fingerprint density at radius 1 is 1.07 bits per heavy atom. The molecular weight excluding hydrogens is 215 g/mol. The van der Waals surface area contributed by atoms with Crippen molar-refractivity contribution < 1.29 is 0 Å². The molecule has 0 fully saturated rings. The smallest absolute Gasteiger partial charge is 0.0771 e. The van der Waals surface area contributed by atoms with Crippen LogP contribution in [0, 0.1) is 5.92 Å². The summed E-state index contributed by atoms with van der Waals surface area (Å²) >= 11 is 0. The van der Waals surface area contributed by atoms with Crippen LogP contribution >= 0.6 is 8.13 Å². The maximum absolute atomic E-state index is 2.45. The molecule has 0 nitrogen and oxygen atoms in total. The van der Waals surface area contributed by atoms with Crippen LogP contribution in [0.1, 0.15) is 53.9 Å². The summed E-state index contributed by atoms with van der Waals surface area (Å²) in [5.74, 6) is 0.907. The first-order valence-corrected chi connectivity index (χ1v) is 11.7. The summed E-state index contributed by atoms with van der Waals surface area (Å²) in [7, 11) is 0.532. The van der Waals surface area contributed by atoms with E-state index in [0.717, 1.165) is 5.92 Å². The van der Waals surface area contributed by atoms with Crippen LogP contribution in [-0.4, -0.2) is 13.9 Å². The largest absolute Gasteiger partial charge is 0.133 e. The molecule has 0 aromatic rings. The van der Waals surface area contributed by atoms with Crippen LogP contribution < -0.4 is 0 Å². The zero-order chi connectivity index (χ0) is 11.7. The molecule has 0 amide bonds. The van der Waals surface area contributed by atoms with Gasteiger partial charge >= 0.3 is 0 Å². The zero-order valence-corrected chi connectivity index (χ0v) is 13.5. The van der Waals surface area contributed by atoms with Gasteiger partial charge in [-0.3, -0.25) is 0 Å². The molecule has 0 rings (SSSR count). The van der Waals surface area contributed by atoms with Gasteiger partial charge < -0.3 is 0 Å². The van der Waals surface area contributed by atoms with Crippen molar-refractivity contribution in [1.82, 2.24) is 0 Å². The van der Waals surface area contributed by atoms with E-state index in [1.165, 1.54) is 45.6 Å². The monoisotopic (exact) mass is 246 g/mol. The molecule has 0 aromatic carbocycles. The highest BCUT2D eigenvalue weighted by Crippen LogP contribution is 2.40. The van der Waals surface area contributed by atoms with Crippen LogP contribution in [0.3, 0.4) is 0 Å². The molecule has 0 aliphatic heterocycles. The Labute approximate surface area is 100 Å². The first-order valence-electron chi connectivity index (χ1n) is 6.85. The van der Waals surface area contributed by atoms with Gasteiger partial charge in [-0.05, 0) is 18.5 Å². The van der Waals surface area contributed by atoms with Gasteiger partial charge in [-0.25, -0.2) is 0 Å². The first kappa shape index (κ1) is 15.6. The number of rotatable bonds is 9. The van der Waals surface area contributed by atoms with Crippen molar-refractivity contribution in [3.05, 3.63) is 0 Å². The predicted octanol–water partition coefficient (Wildman–Crippen LogP) is 5.50. The topological polar surface area (TPSA) is 0 Å². The molecule has 0 radical (unpaired) electrons. The van der Waals surface area contributed by atoms with Crippen LogP contribution in [0.15, 0.2) is 0 Å². The van der Waals surface area contributed by atoms with E-state index in [-0.39, 0.29) is 0 Å². The molecule has 0 heterocycles. The fourth-order valence-corrected chi connectivity index (χ4v) is 10.8. The zero-order valence-electron chi connectivity index (χ0n) is 11.5. The van der Waals surface area contributed by atoms with E-state index in [4.69, 9.17) is 0 Å². The van der Waals surface area contributed by atoms with Crippen molar-refractivity contribution in [3.63, 3.8) is 0 Å². The molecule has 0 saturated carbocycles. The van der Waals surface area contributed by atoms with Gasteiger partial charge in [0.2, 0.25) is 0 Å². The van der Waals surface area contributed by atoms with Gasteiger partial charge in [0.05, 0.1) is 7.74 Å². The maximum Gasteiger partial charge on any atom is 0.0771 e. The van der Waals surface area contributed by atoms with Gasteiger partial charge in [-0.15, -0.1) is 8.13 Å². The summed E-state index contributed by atoms with van der Waals surface area (Å²) in [5.41, 5.74) is 0. The molecule has 2 heteroatoms. The molecule has 92 valence electrons. The van der Waals surface area contributed by atoms with E-state index >= 15 is 0 Å². The average molecular weight is 246 g/mol. The molecule has 0 spiro atoms. The number of unbranched alkanes of at least 4 members (excludes halogenated alkanes) is 1. The van der Waals surface area contributed by atoms with Gasteiger partial charge in [0, 0.05) is 0 Å². The summed E-state index contributed by atoms with van der Waals surface area (Å²) < 4.78 is 0. The molecule has 1 atom stereocenters. The highest BCUT2D eigenvalue weighted by atomic mass is 31.3. The number of hydrogen-bond donors (Lipinski definition) is 0.